The first kappa shape index (κ1) is 17.5. The zero-order chi connectivity index (χ0) is 17.6. The van der Waals surface area contributed by atoms with Gasteiger partial charge in [0, 0.05) is 21.9 Å². The second-order valence-corrected chi connectivity index (χ2v) is 6.54. The molecule has 126 valence electrons. The largest absolute Gasteiger partial charge is 0.488 e. The van der Waals surface area contributed by atoms with Gasteiger partial charge in [-0.3, -0.25) is 4.79 Å². The third kappa shape index (κ3) is 4.81. The Morgan fingerprint density at radius 3 is 2.56 bits per heavy atom. The second kappa shape index (κ2) is 8.14. The van der Waals surface area contributed by atoms with Gasteiger partial charge in [0.15, 0.2) is 0 Å². The molecule has 1 aromatic heterocycles. The quantitative estimate of drug-likeness (QED) is 0.571. The summed E-state index contributed by atoms with van der Waals surface area (Å²) in [7, 11) is 0. The van der Waals surface area contributed by atoms with Crippen LogP contribution in [0.4, 0.5) is 5.69 Å². The fourth-order valence-corrected chi connectivity index (χ4v) is 2.54. The Kier molecular flexibility index (Phi) is 5.68. The lowest BCUT2D eigenvalue weighted by Crippen LogP contribution is -2.13. The van der Waals surface area contributed by atoms with Crippen LogP contribution < -0.4 is 10.1 Å². The van der Waals surface area contributed by atoms with Crippen LogP contribution in [0.2, 0.25) is 5.15 Å². The van der Waals surface area contributed by atoms with Crippen LogP contribution in [-0.4, -0.2) is 10.9 Å². The van der Waals surface area contributed by atoms with Crippen LogP contribution in [0.15, 0.2) is 71.3 Å². The number of rotatable bonds is 5. The summed E-state index contributed by atoms with van der Waals surface area (Å²) in [5.74, 6) is 0.277. The van der Waals surface area contributed by atoms with Crippen LogP contribution >= 0.6 is 27.5 Å². The normalized spacial score (nSPS) is 10.3. The maximum absolute atomic E-state index is 12.5. The summed E-state index contributed by atoms with van der Waals surface area (Å²) < 4.78 is 6.74. The number of carbonyl (C=O) groups excluding carboxylic acids is 1. The molecule has 1 amide bonds. The molecular formula is C19H14BrClN2O2. The minimum Gasteiger partial charge on any atom is -0.488 e. The molecule has 0 atom stereocenters. The number of aromatic nitrogens is 1. The van der Waals surface area contributed by atoms with E-state index in [0.29, 0.717) is 28.8 Å². The van der Waals surface area contributed by atoms with E-state index in [9.17, 15) is 4.79 Å². The number of ether oxygens (including phenoxy) is 1. The number of nitrogens with zero attached hydrogens (tertiary/aromatic N) is 1. The molecule has 0 saturated carbocycles. The smallest absolute Gasteiger partial charge is 0.259 e. The first-order valence-corrected chi connectivity index (χ1v) is 8.68. The molecule has 25 heavy (non-hydrogen) atoms. The molecule has 0 radical (unpaired) electrons. The number of halogens is 2. The summed E-state index contributed by atoms with van der Waals surface area (Å²) in [5, 5.41) is 3.29. The number of benzene rings is 2. The maximum Gasteiger partial charge on any atom is 0.259 e. The molecule has 0 saturated heterocycles. The van der Waals surface area contributed by atoms with E-state index in [1.165, 1.54) is 0 Å². The predicted molar refractivity (Wildman–Crippen MR) is 102 cm³/mol. The van der Waals surface area contributed by atoms with Crippen LogP contribution in [0.5, 0.6) is 5.75 Å². The van der Waals surface area contributed by atoms with Crippen LogP contribution in [0.1, 0.15) is 15.9 Å². The highest BCUT2D eigenvalue weighted by Crippen LogP contribution is 2.22. The van der Waals surface area contributed by atoms with E-state index in [-0.39, 0.29) is 5.91 Å². The zero-order valence-electron chi connectivity index (χ0n) is 13.1. The minimum atomic E-state index is -0.229. The van der Waals surface area contributed by atoms with E-state index in [2.05, 4.69) is 26.2 Å². The zero-order valence-corrected chi connectivity index (χ0v) is 15.4. The lowest BCUT2D eigenvalue weighted by Gasteiger charge is -2.12. The van der Waals surface area contributed by atoms with Crippen molar-refractivity contribution in [2.24, 2.45) is 0 Å². The third-order valence-electron chi connectivity index (χ3n) is 3.42. The van der Waals surface area contributed by atoms with E-state index in [1.54, 1.807) is 30.5 Å². The number of nitrogens with one attached hydrogen (secondary N) is 1. The molecule has 0 aliphatic heterocycles. The number of pyridine rings is 1. The molecule has 1 N–H and O–H groups in total. The Bertz CT molecular complexity index is 867. The van der Waals surface area contributed by atoms with Crippen molar-refractivity contribution in [2.75, 3.05) is 5.32 Å². The van der Waals surface area contributed by atoms with E-state index in [0.717, 1.165) is 10.0 Å². The minimum absolute atomic E-state index is 0.229. The topological polar surface area (TPSA) is 51.2 Å². The van der Waals surface area contributed by atoms with Gasteiger partial charge in [-0.1, -0.05) is 45.7 Å². The summed E-state index contributed by atoms with van der Waals surface area (Å²) in [6.07, 6.45) is 1.65. The van der Waals surface area contributed by atoms with Gasteiger partial charge in [-0.2, -0.15) is 0 Å². The summed E-state index contributed by atoms with van der Waals surface area (Å²) in [5.41, 5.74) is 2.05. The predicted octanol–water partition coefficient (Wildman–Crippen LogP) is 5.33. The second-order valence-electron chi connectivity index (χ2n) is 5.24. The highest BCUT2D eigenvalue weighted by Gasteiger charge is 2.12. The van der Waals surface area contributed by atoms with E-state index in [4.69, 9.17) is 16.3 Å². The van der Waals surface area contributed by atoms with Crippen LogP contribution in [0, 0.1) is 0 Å². The highest BCUT2D eigenvalue weighted by molar-refractivity contribution is 9.10. The van der Waals surface area contributed by atoms with Crippen molar-refractivity contribution < 1.29 is 9.53 Å². The molecule has 0 bridgehead atoms. The number of hydrogen-bond acceptors (Lipinski definition) is 3. The molecule has 0 unspecified atom stereocenters. The Balaban J connectivity index is 1.72. The molecule has 2 aromatic carbocycles. The summed E-state index contributed by atoms with van der Waals surface area (Å²) >= 11 is 9.14. The van der Waals surface area contributed by atoms with E-state index in [1.807, 2.05) is 36.4 Å². The Hall–Kier alpha value is -2.37. The van der Waals surface area contributed by atoms with Crippen molar-refractivity contribution in [2.45, 2.75) is 6.61 Å². The van der Waals surface area contributed by atoms with Crippen molar-refractivity contribution >= 4 is 39.1 Å². The fraction of sp³-hybridized carbons (Fsp3) is 0.0526. The van der Waals surface area contributed by atoms with E-state index >= 15 is 0 Å². The van der Waals surface area contributed by atoms with Crippen LogP contribution in [-0.2, 0) is 6.61 Å². The van der Waals surface area contributed by atoms with Gasteiger partial charge in [-0.25, -0.2) is 4.98 Å². The number of para-hydroxylation sites is 1. The molecule has 1 heterocycles. The maximum atomic E-state index is 12.5. The summed E-state index contributed by atoms with van der Waals surface area (Å²) in [6, 6.07) is 18.0. The Labute approximate surface area is 158 Å². The van der Waals surface area contributed by atoms with Crippen molar-refractivity contribution in [1.82, 2.24) is 4.98 Å². The Morgan fingerprint density at radius 2 is 1.84 bits per heavy atom. The first-order valence-electron chi connectivity index (χ1n) is 7.51. The molecule has 6 heteroatoms. The van der Waals surface area contributed by atoms with Gasteiger partial charge >= 0.3 is 0 Å². The number of amides is 1. The van der Waals surface area contributed by atoms with Gasteiger partial charge in [0.25, 0.3) is 5.91 Å². The van der Waals surface area contributed by atoms with Crippen molar-refractivity contribution in [1.29, 1.82) is 0 Å². The average molecular weight is 418 g/mol. The lowest BCUT2D eigenvalue weighted by molar-refractivity contribution is 0.102. The summed E-state index contributed by atoms with van der Waals surface area (Å²) in [4.78, 5) is 16.6. The van der Waals surface area contributed by atoms with Crippen LogP contribution in [0.3, 0.4) is 0 Å². The van der Waals surface area contributed by atoms with Crippen LogP contribution in [0.25, 0.3) is 0 Å². The van der Waals surface area contributed by atoms with Crippen molar-refractivity contribution in [3.63, 3.8) is 0 Å². The number of hydrogen-bond donors (Lipinski definition) is 1. The van der Waals surface area contributed by atoms with Gasteiger partial charge in [-0.05, 0) is 42.5 Å². The summed E-state index contributed by atoms with van der Waals surface area (Å²) in [6.45, 7) is 0.298. The van der Waals surface area contributed by atoms with Crippen molar-refractivity contribution in [3.8, 4) is 5.75 Å². The molecule has 0 aliphatic rings. The highest BCUT2D eigenvalue weighted by atomic mass is 79.9. The molecule has 0 spiro atoms. The lowest BCUT2D eigenvalue weighted by atomic mass is 10.2. The molecule has 3 aromatic rings. The standard InChI is InChI=1S/C19H14BrClN2O2/c20-14-6-8-15(9-7-14)23-19(24)16-3-1-2-4-17(16)25-12-13-5-10-18(21)22-11-13/h1-11H,12H2,(H,23,24). The van der Waals surface area contributed by atoms with Crippen molar-refractivity contribution in [3.05, 3.63) is 87.6 Å². The molecule has 3 rings (SSSR count). The monoisotopic (exact) mass is 416 g/mol. The molecule has 0 aliphatic carbocycles. The molecule has 4 nitrogen and oxygen atoms in total. The van der Waals surface area contributed by atoms with Gasteiger partial charge in [0.2, 0.25) is 0 Å². The number of carbonyl (C=O) groups is 1. The first-order chi connectivity index (χ1) is 12.1. The molecule has 0 fully saturated rings. The van der Waals surface area contributed by atoms with Gasteiger partial charge in [-0.15, -0.1) is 0 Å². The fourth-order valence-electron chi connectivity index (χ4n) is 2.16. The van der Waals surface area contributed by atoms with Gasteiger partial charge in [0.1, 0.15) is 17.5 Å². The third-order valence-corrected chi connectivity index (χ3v) is 4.17. The molecular weight excluding hydrogens is 404 g/mol. The van der Waals surface area contributed by atoms with E-state index < -0.39 is 0 Å². The Morgan fingerprint density at radius 1 is 1.08 bits per heavy atom. The van der Waals surface area contributed by atoms with Gasteiger partial charge < -0.3 is 10.1 Å². The average Bonchev–Trinajstić information content (AvgIpc) is 2.63. The number of anilines is 1. The van der Waals surface area contributed by atoms with Gasteiger partial charge in [0.05, 0.1) is 5.56 Å². The SMILES string of the molecule is O=C(Nc1ccc(Br)cc1)c1ccccc1OCc1ccc(Cl)nc1.